The van der Waals surface area contributed by atoms with Gasteiger partial charge in [-0.2, -0.15) is 0 Å². The van der Waals surface area contributed by atoms with Crippen LogP contribution in [0.1, 0.15) is 0 Å². The number of halogens is 1. The summed E-state index contributed by atoms with van der Waals surface area (Å²) in [6.07, 6.45) is 0. The van der Waals surface area contributed by atoms with E-state index in [1.807, 2.05) is 84.9 Å². The highest BCUT2D eigenvalue weighted by molar-refractivity contribution is 9.10. The lowest BCUT2D eigenvalue weighted by molar-refractivity contribution is -0.115. The average Bonchev–Trinajstić information content (AvgIpc) is 3.24. The van der Waals surface area contributed by atoms with Gasteiger partial charge in [-0.25, -0.2) is 4.98 Å². The molecule has 3 aromatic carbocycles. The molecule has 0 atom stereocenters. The van der Waals surface area contributed by atoms with E-state index in [2.05, 4.69) is 31.1 Å². The molecule has 0 fully saturated rings. The van der Waals surface area contributed by atoms with Gasteiger partial charge < -0.3 is 0 Å². The molecule has 0 unspecified atom stereocenters. The van der Waals surface area contributed by atoms with Gasteiger partial charge in [0.05, 0.1) is 5.75 Å². The SMILES string of the molecule is O=C(CSc1n[nH]c(-c2ccc(Br)cc2)n1)N(c1ccccc1)c1ccccc1. The number of benzene rings is 3. The summed E-state index contributed by atoms with van der Waals surface area (Å²) in [7, 11) is 0. The maximum atomic E-state index is 13.1. The van der Waals surface area contributed by atoms with Gasteiger partial charge in [-0.05, 0) is 36.4 Å². The van der Waals surface area contributed by atoms with Crippen LogP contribution in [0.25, 0.3) is 11.4 Å². The third-order valence-electron chi connectivity index (χ3n) is 4.19. The molecule has 1 heterocycles. The minimum atomic E-state index is -0.0395. The van der Waals surface area contributed by atoms with E-state index >= 15 is 0 Å². The Bertz CT molecular complexity index is 1050. The summed E-state index contributed by atoms with van der Waals surface area (Å²) in [5, 5.41) is 7.71. The van der Waals surface area contributed by atoms with Crippen LogP contribution in [0, 0.1) is 0 Å². The molecule has 0 saturated carbocycles. The van der Waals surface area contributed by atoms with Crippen LogP contribution in [0.2, 0.25) is 0 Å². The number of hydrogen-bond acceptors (Lipinski definition) is 4. The first-order valence-corrected chi connectivity index (χ1v) is 10.7. The Morgan fingerprint density at radius 2 is 1.48 bits per heavy atom. The van der Waals surface area contributed by atoms with Crippen molar-refractivity contribution < 1.29 is 4.79 Å². The third kappa shape index (κ3) is 4.75. The van der Waals surface area contributed by atoms with Gasteiger partial charge in [-0.3, -0.25) is 14.8 Å². The summed E-state index contributed by atoms with van der Waals surface area (Å²) in [5.41, 5.74) is 2.60. The molecule has 7 heteroatoms. The molecule has 1 aromatic heterocycles. The smallest absolute Gasteiger partial charge is 0.242 e. The van der Waals surface area contributed by atoms with Crippen molar-refractivity contribution in [3.63, 3.8) is 0 Å². The number of thioether (sulfide) groups is 1. The Kier molecular flexibility index (Phi) is 6.07. The van der Waals surface area contributed by atoms with Crippen LogP contribution in [0.4, 0.5) is 11.4 Å². The van der Waals surface area contributed by atoms with Crippen molar-refractivity contribution in [2.75, 3.05) is 10.7 Å². The fraction of sp³-hybridized carbons (Fsp3) is 0.0455. The minimum Gasteiger partial charge on any atom is -0.280 e. The van der Waals surface area contributed by atoms with Crippen molar-refractivity contribution in [2.24, 2.45) is 0 Å². The van der Waals surface area contributed by atoms with E-state index in [1.165, 1.54) is 11.8 Å². The summed E-state index contributed by atoms with van der Waals surface area (Å²) >= 11 is 4.73. The Morgan fingerprint density at radius 1 is 0.897 bits per heavy atom. The molecular formula is C22H17BrN4OS. The summed E-state index contributed by atoms with van der Waals surface area (Å²) in [5.74, 6) is 0.860. The quantitative estimate of drug-likeness (QED) is 0.372. The number of nitrogens with one attached hydrogen (secondary N) is 1. The lowest BCUT2D eigenvalue weighted by atomic mass is 10.2. The first-order valence-electron chi connectivity index (χ1n) is 8.95. The molecule has 5 nitrogen and oxygen atoms in total. The third-order valence-corrected chi connectivity index (χ3v) is 5.55. The summed E-state index contributed by atoms with van der Waals surface area (Å²) < 4.78 is 1.00. The van der Waals surface area contributed by atoms with E-state index in [4.69, 9.17) is 0 Å². The molecule has 4 rings (SSSR count). The number of nitrogens with zero attached hydrogens (tertiary/aromatic N) is 3. The molecule has 0 spiro atoms. The molecule has 0 bridgehead atoms. The predicted molar refractivity (Wildman–Crippen MR) is 120 cm³/mol. The summed E-state index contributed by atoms with van der Waals surface area (Å²) in [4.78, 5) is 19.3. The van der Waals surface area contributed by atoms with Crippen LogP contribution in [-0.2, 0) is 4.79 Å². The second-order valence-corrected chi connectivity index (χ2v) is 8.02. The van der Waals surface area contributed by atoms with Crippen LogP contribution in [0.3, 0.4) is 0 Å². The number of carbonyl (C=O) groups is 1. The molecular weight excluding hydrogens is 448 g/mol. The van der Waals surface area contributed by atoms with Crippen LogP contribution in [0.15, 0.2) is 94.6 Å². The standard InChI is InChI=1S/C22H17BrN4OS/c23-17-13-11-16(12-14-17)21-24-22(26-25-21)29-15-20(28)27(18-7-3-1-4-8-18)19-9-5-2-6-10-19/h1-14H,15H2,(H,24,25,26). The number of para-hydroxylation sites is 2. The van der Waals surface area contributed by atoms with Crippen molar-refractivity contribution in [3.8, 4) is 11.4 Å². The highest BCUT2D eigenvalue weighted by atomic mass is 79.9. The second kappa shape index (κ2) is 9.07. The van der Waals surface area contributed by atoms with Crippen LogP contribution < -0.4 is 4.90 Å². The number of anilines is 2. The highest BCUT2D eigenvalue weighted by Crippen LogP contribution is 2.27. The van der Waals surface area contributed by atoms with Crippen LogP contribution in [-0.4, -0.2) is 26.8 Å². The number of amides is 1. The number of carbonyl (C=O) groups excluding carboxylic acids is 1. The van der Waals surface area contributed by atoms with Gasteiger partial charge in [0.1, 0.15) is 0 Å². The highest BCUT2D eigenvalue weighted by Gasteiger charge is 2.19. The van der Waals surface area contributed by atoms with Crippen molar-refractivity contribution in [2.45, 2.75) is 5.16 Å². The number of rotatable bonds is 6. The second-order valence-electron chi connectivity index (χ2n) is 6.16. The first-order chi connectivity index (χ1) is 14.2. The lowest BCUT2D eigenvalue weighted by Gasteiger charge is -2.22. The van der Waals surface area contributed by atoms with Gasteiger partial charge in [-0.15, -0.1) is 5.10 Å². The van der Waals surface area contributed by atoms with Gasteiger partial charge in [0.2, 0.25) is 11.1 Å². The van der Waals surface area contributed by atoms with Crippen molar-refractivity contribution >= 4 is 45.0 Å². The number of aromatic amines is 1. The topological polar surface area (TPSA) is 61.9 Å². The monoisotopic (exact) mass is 464 g/mol. The molecule has 0 radical (unpaired) electrons. The zero-order valence-electron chi connectivity index (χ0n) is 15.3. The van der Waals surface area contributed by atoms with Gasteiger partial charge in [0.25, 0.3) is 0 Å². The fourth-order valence-electron chi connectivity index (χ4n) is 2.83. The number of hydrogen-bond donors (Lipinski definition) is 1. The van der Waals surface area contributed by atoms with Gasteiger partial charge in [-0.1, -0.05) is 76.2 Å². The Morgan fingerprint density at radius 3 is 2.07 bits per heavy atom. The maximum Gasteiger partial charge on any atom is 0.242 e. The van der Waals surface area contributed by atoms with Gasteiger partial charge >= 0.3 is 0 Å². The van der Waals surface area contributed by atoms with Gasteiger partial charge in [0, 0.05) is 21.4 Å². The van der Waals surface area contributed by atoms with E-state index in [0.717, 1.165) is 21.4 Å². The van der Waals surface area contributed by atoms with E-state index in [-0.39, 0.29) is 11.7 Å². The molecule has 0 aliphatic rings. The Balaban J connectivity index is 1.49. The molecule has 1 N–H and O–H groups in total. The van der Waals surface area contributed by atoms with Crippen molar-refractivity contribution in [1.82, 2.24) is 15.2 Å². The molecule has 1 amide bonds. The fourth-order valence-corrected chi connectivity index (χ4v) is 3.74. The Hall–Kier alpha value is -2.90. The average molecular weight is 465 g/mol. The van der Waals surface area contributed by atoms with Gasteiger partial charge in [0.15, 0.2) is 5.82 Å². The van der Waals surface area contributed by atoms with E-state index < -0.39 is 0 Å². The first kappa shape index (κ1) is 19.4. The zero-order chi connectivity index (χ0) is 20.1. The molecule has 0 aliphatic heterocycles. The molecule has 0 saturated heterocycles. The molecule has 0 aliphatic carbocycles. The molecule has 29 heavy (non-hydrogen) atoms. The summed E-state index contributed by atoms with van der Waals surface area (Å²) in [6, 6.07) is 27.1. The maximum absolute atomic E-state index is 13.1. The number of H-pyrrole nitrogens is 1. The predicted octanol–water partition coefficient (Wildman–Crippen LogP) is 5.69. The lowest BCUT2D eigenvalue weighted by Crippen LogP contribution is -2.27. The molecule has 144 valence electrons. The summed E-state index contributed by atoms with van der Waals surface area (Å²) in [6.45, 7) is 0. The van der Waals surface area contributed by atoms with Crippen molar-refractivity contribution in [1.29, 1.82) is 0 Å². The van der Waals surface area contributed by atoms with E-state index in [0.29, 0.717) is 11.0 Å². The van der Waals surface area contributed by atoms with Crippen molar-refractivity contribution in [3.05, 3.63) is 89.4 Å². The van der Waals surface area contributed by atoms with Crippen LogP contribution in [0.5, 0.6) is 0 Å². The van der Waals surface area contributed by atoms with E-state index in [1.54, 1.807) is 4.90 Å². The number of aromatic nitrogens is 3. The van der Waals surface area contributed by atoms with E-state index in [9.17, 15) is 4.79 Å². The molecule has 4 aromatic rings. The zero-order valence-corrected chi connectivity index (χ0v) is 17.7. The largest absolute Gasteiger partial charge is 0.280 e. The normalized spacial score (nSPS) is 10.7. The minimum absolute atomic E-state index is 0.0395. The Labute approximate surface area is 181 Å². The van der Waals surface area contributed by atoms with Crippen LogP contribution >= 0.6 is 27.7 Å².